The van der Waals surface area contributed by atoms with E-state index in [2.05, 4.69) is 0 Å². The van der Waals surface area contributed by atoms with Crippen LogP contribution in [0.4, 0.5) is 5.69 Å². The Kier molecular flexibility index (Phi) is 6.50. The minimum atomic E-state index is 0.0717. The normalized spacial score (nSPS) is 12.7. The summed E-state index contributed by atoms with van der Waals surface area (Å²) < 4.78 is 16.9. The molecule has 0 saturated carbocycles. The molecule has 3 aromatic rings. The molecule has 0 fully saturated rings. The Labute approximate surface area is 188 Å². The molecule has 166 valence electrons. The Balaban J connectivity index is 1.46. The maximum atomic E-state index is 13.1. The summed E-state index contributed by atoms with van der Waals surface area (Å²) in [6, 6.07) is 21.4. The lowest BCUT2D eigenvalue weighted by molar-refractivity contribution is -0.130. The number of carbonyl (C=O) groups is 1. The third-order valence-corrected chi connectivity index (χ3v) is 5.69. The van der Waals surface area contributed by atoms with E-state index in [4.69, 9.17) is 14.2 Å². The Morgan fingerprint density at radius 3 is 2.28 bits per heavy atom. The van der Waals surface area contributed by atoms with Crippen LogP contribution < -0.4 is 19.1 Å². The molecule has 6 heteroatoms. The lowest BCUT2D eigenvalue weighted by atomic mass is 9.98. The molecule has 0 N–H and O–H groups in total. The molecule has 6 nitrogen and oxygen atoms in total. The summed E-state index contributed by atoms with van der Waals surface area (Å²) in [6.45, 7) is 1.50. The number of amides is 1. The van der Waals surface area contributed by atoms with Crippen molar-refractivity contribution in [3.8, 4) is 23.0 Å². The van der Waals surface area contributed by atoms with Gasteiger partial charge in [-0.1, -0.05) is 30.3 Å². The van der Waals surface area contributed by atoms with Gasteiger partial charge < -0.3 is 24.0 Å². The van der Waals surface area contributed by atoms with Gasteiger partial charge in [0.2, 0.25) is 5.91 Å². The average Bonchev–Trinajstić information content (AvgIpc) is 2.83. The highest BCUT2D eigenvalue weighted by Gasteiger charge is 2.24. The number of ether oxygens (including phenoxy) is 3. The van der Waals surface area contributed by atoms with Crippen LogP contribution in [0, 0.1) is 0 Å². The zero-order chi connectivity index (χ0) is 22.5. The predicted octanol–water partition coefficient (Wildman–Crippen LogP) is 4.52. The van der Waals surface area contributed by atoms with Gasteiger partial charge in [0.15, 0.2) is 17.2 Å². The van der Waals surface area contributed by atoms with E-state index in [0.29, 0.717) is 18.8 Å². The van der Waals surface area contributed by atoms with E-state index in [0.717, 1.165) is 34.9 Å². The van der Waals surface area contributed by atoms with Gasteiger partial charge in [0.1, 0.15) is 5.75 Å². The number of benzene rings is 3. The maximum Gasteiger partial charge on any atom is 0.242 e. The molecular weight excluding hydrogens is 404 g/mol. The largest absolute Gasteiger partial charge is 0.493 e. The van der Waals surface area contributed by atoms with Crippen LogP contribution in [0.2, 0.25) is 0 Å². The van der Waals surface area contributed by atoms with Crippen LogP contribution in [0.5, 0.6) is 23.0 Å². The number of carbonyl (C=O) groups excluding carboxylic acids is 1. The fraction of sp³-hybridized carbons (Fsp3) is 0.269. The first-order chi connectivity index (χ1) is 15.6. The summed E-state index contributed by atoms with van der Waals surface area (Å²) in [5.74, 6) is 2.96. The van der Waals surface area contributed by atoms with Crippen molar-refractivity contribution < 1.29 is 19.0 Å². The highest BCUT2D eigenvalue weighted by molar-refractivity contribution is 5.82. The van der Waals surface area contributed by atoms with Crippen molar-refractivity contribution in [1.29, 1.82) is 0 Å². The zero-order valence-corrected chi connectivity index (χ0v) is 18.7. The SMILES string of the molecule is COc1cc2c(cc1OC)CN(C(=O)CN(C)c1ccccc1Oc1ccccc1)CC2. The van der Waals surface area contributed by atoms with Crippen molar-refractivity contribution in [3.05, 3.63) is 77.9 Å². The van der Waals surface area contributed by atoms with Gasteiger partial charge >= 0.3 is 0 Å². The Hall–Kier alpha value is -3.67. The van der Waals surface area contributed by atoms with Crippen molar-refractivity contribution in [3.63, 3.8) is 0 Å². The summed E-state index contributed by atoms with van der Waals surface area (Å²) in [5, 5.41) is 0. The molecule has 1 amide bonds. The number of fused-ring (bicyclic) bond motifs is 1. The number of likely N-dealkylation sites (N-methyl/N-ethyl adjacent to an activating group) is 1. The quantitative estimate of drug-likeness (QED) is 0.550. The highest BCUT2D eigenvalue weighted by atomic mass is 16.5. The van der Waals surface area contributed by atoms with Gasteiger partial charge in [0.25, 0.3) is 0 Å². The molecule has 0 atom stereocenters. The molecule has 1 heterocycles. The van der Waals surface area contributed by atoms with Gasteiger partial charge in [-0.05, 0) is 53.9 Å². The van der Waals surface area contributed by atoms with Crippen LogP contribution in [0.1, 0.15) is 11.1 Å². The van der Waals surface area contributed by atoms with Crippen molar-refractivity contribution in [2.24, 2.45) is 0 Å². The summed E-state index contributed by atoms with van der Waals surface area (Å²) >= 11 is 0. The summed E-state index contributed by atoms with van der Waals surface area (Å²) in [6.07, 6.45) is 0.791. The molecule has 0 radical (unpaired) electrons. The van der Waals surface area contributed by atoms with Gasteiger partial charge in [-0.15, -0.1) is 0 Å². The van der Waals surface area contributed by atoms with E-state index in [1.807, 2.05) is 83.6 Å². The molecular formula is C26H28N2O4. The molecule has 0 aromatic heterocycles. The first kappa shape index (κ1) is 21.6. The number of para-hydroxylation sites is 3. The minimum absolute atomic E-state index is 0.0717. The fourth-order valence-corrected chi connectivity index (χ4v) is 3.96. The number of nitrogens with zero attached hydrogens (tertiary/aromatic N) is 2. The van der Waals surface area contributed by atoms with Gasteiger partial charge in [-0.3, -0.25) is 4.79 Å². The number of hydrogen-bond donors (Lipinski definition) is 0. The first-order valence-electron chi connectivity index (χ1n) is 10.6. The van der Waals surface area contributed by atoms with Crippen LogP contribution in [0.3, 0.4) is 0 Å². The predicted molar refractivity (Wildman–Crippen MR) is 125 cm³/mol. The van der Waals surface area contributed by atoms with E-state index in [1.54, 1.807) is 14.2 Å². The maximum absolute atomic E-state index is 13.1. The molecule has 0 saturated heterocycles. The van der Waals surface area contributed by atoms with Crippen molar-refractivity contribution in [1.82, 2.24) is 4.90 Å². The Morgan fingerprint density at radius 2 is 1.56 bits per heavy atom. The molecule has 0 unspecified atom stereocenters. The van der Waals surface area contributed by atoms with E-state index in [-0.39, 0.29) is 12.5 Å². The molecule has 3 aromatic carbocycles. The van der Waals surface area contributed by atoms with Crippen LogP contribution in [0.25, 0.3) is 0 Å². The number of anilines is 1. The molecule has 0 aliphatic carbocycles. The Morgan fingerprint density at radius 1 is 0.906 bits per heavy atom. The lowest BCUT2D eigenvalue weighted by Crippen LogP contribution is -2.41. The van der Waals surface area contributed by atoms with E-state index in [9.17, 15) is 4.79 Å². The topological polar surface area (TPSA) is 51.2 Å². The highest BCUT2D eigenvalue weighted by Crippen LogP contribution is 2.34. The standard InChI is InChI=1S/C26H28N2O4/c1-27(22-11-7-8-12-23(22)32-21-9-5-4-6-10-21)18-26(29)28-14-13-19-15-24(30-2)25(31-3)16-20(19)17-28/h4-12,15-16H,13-14,17-18H2,1-3H3. The van der Waals surface area contributed by atoms with Crippen LogP contribution >= 0.6 is 0 Å². The number of methoxy groups -OCH3 is 2. The minimum Gasteiger partial charge on any atom is -0.493 e. The van der Waals surface area contributed by atoms with E-state index in [1.165, 1.54) is 5.56 Å². The summed E-state index contributed by atoms with van der Waals surface area (Å²) in [4.78, 5) is 17.0. The second kappa shape index (κ2) is 9.64. The molecule has 0 spiro atoms. The first-order valence-corrected chi connectivity index (χ1v) is 10.6. The zero-order valence-electron chi connectivity index (χ0n) is 18.7. The lowest BCUT2D eigenvalue weighted by Gasteiger charge is -2.31. The van der Waals surface area contributed by atoms with Crippen molar-refractivity contribution in [2.45, 2.75) is 13.0 Å². The smallest absolute Gasteiger partial charge is 0.242 e. The number of rotatable bonds is 7. The summed E-state index contributed by atoms with van der Waals surface area (Å²) in [5.41, 5.74) is 3.16. The van der Waals surface area contributed by atoms with Crippen molar-refractivity contribution in [2.75, 3.05) is 39.3 Å². The second-order valence-corrected chi connectivity index (χ2v) is 7.78. The van der Waals surface area contributed by atoms with E-state index >= 15 is 0 Å². The Bertz CT molecular complexity index is 1080. The van der Waals surface area contributed by atoms with Gasteiger partial charge in [0, 0.05) is 20.1 Å². The number of hydrogen-bond acceptors (Lipinski definition) is 5. The molecule has 0 bridgehead atoms. The molecule has 1 aliphatic heterocycles. The monoisotopic (exact) mass is 432 g/mol. The van der Waals surface area contributed by atoms with Crippen LogP contribution in [-0.2, 0) is 17.8 Å². The van der Waals surface area contributed by atoms with Crippen LogP contribution in [-0.4, -0.2) is 45.2 Å². The fourth-order valence-electron chi connectivity index (χ4n) is 3.96. The second-order valence-electron chi connectivity index (χ2n) is 7.78. The third kappa shape index (κ3) is 4.64. The molecule has 4 rings (SSSR count). The van der Waals surface area contributed by atoms with Gasteiger partial charge in [-0.2, -0.15) is 0 Å². The average molecular weight is 433 g/mol. The molecule has 32 heavy (non-hydrogen) atoms. The van der Waals surface area contributed by atoms with E-state index < -0.39 is 0 Å². The summed E-state index contributed by atoms with van der Waals surface area (Å²) in [7, 11) is 5.18. The third-order valence-electron chi connectivity index (χ3n) is 5.69. The van der Waals surface area contributed by atoms with Crippen LogP contribution in [0.15, 0.2) is 66.7 Å². The molecule has 1 aliphatic rings. The van der Waals surface area contributed by atoms with Gasteiger partial charge in [-0.25, -0.2) is 0 Å². The van der Waals surface area contributed by atoms with Crippen molar-refractivity contribution >= 4 is 11.6 Å². The van der Waals surface area contributed by atoms with Gasteiger partial charge in [0.05, 0.1) is 26.5 Å².